The van der Waals surface area contributed by atoms with E-state index in [-0.39, 0.29) is 18.1 Å². The van der Waals surface area contributed by atoms with Crippen molar-refractivity contribution in [1.82, 2.24) is 0 Å². The van der Waals surface area contributed by atoms with E-state index >= 15 is 0 Å². The van der Waals surface area contributed by atoms with Gasteiger partial charge in [0.2, 0.25) is 5.91 Å². The lowest BCUT2D eigenvalue weighted by Gasteiger charge is -2.09. The van der Waals surface area contributed by atoms with Gasteiger partial charge in [0.15, 0.2) is 0 Å². The molecule has 0 aromatic heterocycles. The molecule has 0 saturated heterocycles. The molecule has 0 radical (unpaired) electrons. The van der Waals surface area contributed by atoms with Crippen molar-refractivity contribution in [2.24, 2.45) is 0 Å². The summed E-state index contributed by atoms with van der Waals surface area (Å²) < 4.78 is 13.5. The maximum atomic E-state index is 13.5. The van der Waals surface area contributed by atoms with E-state index in [4.69, 9.17) is 11.6 Å². The van der Waals surface area contributed by atoms with Gasteiger partial charge in [0.05, 0.1) is 12.2 Å². The summed E-state index contributed by atoms with van der Waals surface area (Å²) in [5.41, 5.74) is 2.17. The number of hydrogen-bond donors (Lipinski definition) is 2. The Hall–Kier alpha value is -2.07. The predicted octanol–water partition coefficient (Wildman–Crippen LogP) is 4.09. The van der Waals surface area contributed by atoms with Crippen LogP contribution < -0.4 is 10.6 Å². The number of halogens is 2. The lowest BCUT2D eigenvalue weighted by atomic mass is 10.1. The van der Waals surface area contributed by atoms with Crippen LogP contribution in [0.2, 0.25) is 5.02 Å². The monoisotopic (exact) mass is 306 g/mol. The predicted molar refractivity (Wildman–Crippen MR) is 84.3 cm³/mol. The van der Waals surface area contributed by atoms with Gasteiger partial charge in [-0.3, -0.25) is 4.79 Å². The van der Waals surface area contributed by atoms with E-state index < -0.39 is 5.82 Å². The molecule has 0 spiro atoms. The van der Waals surface area contributed by atoms with Crippen LogP contribution in [0.5, 0.6) is 0 Å². The molecule has 0 saturated carbocycles. The average Bonchev–Trinajstić information content (AvgIpc) is 2.47. The average molecular weight is 307 g/mol. The Morgan fingerprint density at radius 2 is 1.90 bits per heavy atom. The first-order valence-electron chi connectivity index (χ1n) is 6.66. The van der Waals surface area contributed by atoms with E-state index in [1.54, 1.807) is 6.07 Å². The van der Waals surface area contributed by atoms with Crippen LogP contribution in [0.1, 0.15) is 12.5 Å². The SMILES string of the molecule is CCc1ccc(NC(=O)CNc2ccc(Cl)cc2F)cc1. The molecule has 0 aliphatic heterocycles. The van der Waals surface area contributed by atoms with Gasteiger partial charge in [0, 0.05) is 10.7 Å². The van der Waals surface area contributed by atoms with Gasteiger partial charge in [-0.25, -0.2) is 4.39 Å². The van der Waals surface area contributed by atoms with Crippen molar-refractivity contribution >= 4 is 28.9 Å². The van der Waals surface area contributed by atoms with E-state index in [2.05, 4.69) is 17.6 Å². The first-order chi connectivity index (χ1) is 10.1. The van der Waals surface area contributed by atoms with Crippen molar-refractivity contribution in [3.05, 3.63) is 58.9 Å². The van der Waals surface area contributed by atoms with E-state index in [0.29, 0.717) is 5.02 Å². The Morgan fingerprint density at radius 1 is 1.19 bits per heavy atom. The molecule has 2 aromatic carbocycles. The summed E-state index contributed by atoms with van der Waals surface area (Å²) in [6.07, 6.45) is 0.950. The third kappa shape index (κ3) is 4.46. The summed E-state index contributed by atoms with van der Waals surface area (Å²) in [5.74, 6) is -0.726. The zero-order valence-electron chi connectivity index (χ0n) is 11.6. The normalized spacial score (nSPS) is 10.2. The van der Waals surface area contributed by atoms with Crippen LogP contribution >= 0.6 is 11.6 Å². The molecule has 0 aliphatic rings. The number of hydrogen-bond acceptors (Lipinski definition) is 2. The molecule has 0 heterocycles. The fraction of sp³-hybridized carbons (Fsp3) is 0.188. The molecular weight excluding hydrogens is 291 g/mol. The van der Waals surface area contributed by atoms with Gasteiger partial charge >= 0.3 is 0 Å². The van der Waals surface area contributed by atoms with Crippen molar-refractivity contribution in [3.8, 4) is 0 Å². The van der Waals surface area contributed by atoms with Gasteiger partial charge in [-0.1, -0.05) is 30.7 Å². The second-order valence-corrected chi connectivity index (χ2v) is 5.01. The van der Waals surface area contributed by atoms with Crippen LogP contribution in [0.15, 0.2) is 42.5 Å². The maximum Gasteiger partial charge on any atom is 0.243 e. The van der Waals surface area contributed by atoms with Gasteiger partial charge in [-0.05, 0) is 42.3 Å². The fourth-order valence-electron chi connectivity index (χ4n) is 1.84. The molecule has 21 heavy (non-hydrogen) atoms. The Balaban J connectivity index is 1.89. The maximum absolute atomic E-state index is 13.5. The number of rotatable bonds is 5. The topological polar surface area (TPSA) is 41.1 Å². The molecular formula is C16H16ClFN2O. The number of aryl methyl sites for hydroxylation is 1. The van der Waals surface area contributed by atoms with Crippen LogP contribution in [0.25, 0.3) is 0 Å². The number of benzene rings is 2. The smallest absolute Gasteiger partial charge is 0.243 e. The van der Waals surface area contributed by atoms with Crippen molar-refractivity contribution in [2.45, 2.75) is 13.3 Å². The molecule has 0 unspecified atom stereocenters. The highest BCUT2D eigenvalue weighted by Gasteiger charge is 2.06. The molecule has 110 valence electrons. The number of carbonyl (C=O) groups excluding carboxylic acids is 1. The molecule has 0 fully saturated rings. The first-order valence-corrected chi connectivity index (χ1v) is 7.04. The lowest BCUT2D eigenvalue weighted by molar-refractivity contribution is -0.114. The minimum absolute atomic E-state index is 0.0198. The van der Waals surface area contributed by atoms with E-state index in [1.165, 1.54) is 17.7 Å². The Bertz CT molecular complexity index is 629. The summed E-state index contributed by atoms with van der Waals surface area (Å²) >= 11 is 5.66. The van der Waals surface area contributed by atoms with Gasteiger partial charge in [0.1, 0.15) is 5.82 Å². The van der Waals surface area contributed by atoms with Crippen molar-refractivity contribution < 1.29 is 9.18 Å². The summed E-state index contributed by atoms with van der Waals surface area (Å²) in [6.45, 7) is 2.05. The largest absolute Gasteiger partial charge is 0.374 e. The third-order valence-corrected chi connectivity index (χ3v) is 3.25. The Labute approximate surface area is 128 Å². The van der Waals surface area contributed by atoms with Gasteiger partial charge in [0.25, 0.3) is 0 Å². The third-order valence-electron chi connectivity index (χ3n) is 3.02. The van der Waals surface area contributed by atoms with Crippen molar-refractivity contribution in [1.29, 1.82) is 0 Å². The van der Waals surface area contributed by atoms with E-state index in [1.807, 2.05) is 24.3 Å². The first kappa shape index (κ1) is 15.3. The molecule has 0 aliphatic carbocycles. The van der Waals surface area contributed by atoms with Crippen molar-refractivity contribution in [2.75, 3.05) is 17.2 Å². The number of nitrogens with one attached hydrogen (secondary N) is 2. The van der Waals surface area contributed by atoms with Crippen LogP contribution in [-0.4, -0.2) is 12.5 Å². The van der Waals surface area contributed by atoms with Crippen LogP contribution in [0, 0.1) is 5.82 Å². The fourth-order valence-corrected chi connectivity index (χ4v) is 2.00. The van der Waals surface area contributed by atoms with Gasteiger partial charge in [-0.2, -0.15) is 0 Å². The summed E-state index contributed by atoms with van der Waals surface area (Å²) in [7, 11) is 0. The van der Waals surface area contributed by atoms with Crippen LogP contribution in [0.4, 0.5) is 15.8 Å². The van der Waals surface area contributed by atoms with E-state index in [0.717, 1.165) is 12.1 Å². The lowest BCUT2D eigenvalue weighted by Crippen LogP contribution is -2.22. The highest BCUT2D eigenvalue weighted by atomic mass is 35.5. The molecule has 5 heteroatoms. The molecule has 1 amide bonds. The quantitative estimate of drug-likeness (QED) is 0.873. The Kier molecular flexibility index (Phi) is 5.17. The van der Waals surface area contributed by atoms with Gasteiger partial charge in [-0.15, -0.1) is 0 Å². The van der Waals surface area contributed by atoms with E-state index in [9.17, 15) is 9.18 Å². The summed E-state index contributed by atoms with van der Waals surface area (Å²) in [5, 5.41) is 5.80. The molecule has 0 atom stereocenters. The molecule has 2 rings (SSSR count). The minimum Gasteiger partial charge on any atom is -0.374 e. The molecule has 2 aromatic rings. The number of amides is 1. The second kappa shape index (κ2) is 7.09. The molecule has 2 N–H and O–H groups in total. The highest BCUT2D eigenvalue weighted by Crippen LogP contribution is 2.18. The zero-order valence-corrected chi connectivity index (χ0v) is 12.4. The molecule has 0 bridgehead atoms. The highest BCUT2D eigenvalue weighted by molar-refractivity contribution is 6.30. The summed E-state index contributed by atoms with van der Waals surface area (Å²) in [4.78, 5) is 11.8. The van der Waals surface area contributed by atoms with Crippen LogP contribution in [-0.2, 0) is 11.2 Å². The summed E-state index contributed by atoms with van der Waals surface area (Å²) in [6, 6.07) is 11.9. The standard InChI is InChI=1S/C16H16ClFN2O/c1-2-11-3-6-13(7-4-11)20-16(21)10-19-15-8-5-12(17)9-14(15)18/h3-9,19H,2,10H2,1H3,(H,20,21). The van der Waals surface area contributed by atoms with Crippen LogP contribution in [0.3, 0.4) is 0 Å². The number of carbonyl (C=O) groups is 1. The number of anilines is 2. The van der Waals surface area contributed by atoms with Crippen molar-refractivity contribution in [3.63, 3.8) is 0 Å². The molecule has 3 nitrogen and oxygen atoms in total. The zero-order chi connectivity index (χ0) is 15.2. The van der Waals surface area contributed by atoms with Gasteiger partial charge < -0.3 is 10.6 Å². The minimum atomic E-state index is -0.484. The Morgan fingerprint density at radius 3 is 2.52 bits per heavy atom. The second-order valence-electron chi connectivity index (χ2n) is 4.58.